The van der Waals surface area contributed by atoms with Crippen LogP contribution in [0.3, 0.4) is 0 Å². The zero-order valence-electron chi connectivity index (χ0n) is 14.7. The summed E-state index contributed by atoms with van der Waals surface area (Å²) in [6.07, 6.45) is 5.88. The SMILES string of the molecule is O=S(=O)(NCC(CO)Cc1cccnc1)c1ccc2c(c1)CCCNC2. The van der Waals surface area contributed by atoms with E-state index in [0.717, 1.165) is 42.6 Å². The molecule has 7 heteroatoms. The van der Waals surface area contributed by atoms with Gasteiger partial charge in [-0.1, -0.05) is 12.1 Å². The number of nitrogens with one attached hydrogen (secondary N) is 2. The van der Waals surface area contributed by atoms with Crippen LogP contribution in [0.25, 0.3) is 0 Å². The molecule has 2 heterocycles. The standard InChI is InChI=1S/C19H25N3O3S/c23-14-16(9-15-3-1-7-20-11-15)12-22-26(24,25)19-6-5-18-13-21-8-2-4-17(18)10-19/h1,3,5-7,10-11,16,21-23H,2,4,8-9,12-14H2. The van der Waals surface area contributed by atoms with Crippen molar-refractivity contribution in [3.8, 4) is 0 Å². The molecule has 1 aliphatic rings. The van der Waals surface area contributed by atoms with E-state index in [9.17, 15) is 13.5 Å². The topological polar surface area (TPSA) is 91.3 Å². The molecule has 26 heavy (non-hydrogen) atoms. The molecule has 0 amide bonds. The molecule has 0 radical (unpaired) electrons. The molecule has 0 fully saturated rings. The van der Waals surface area contributed by atoms with E-state index in [1.807, 2.05) is 18.2 Å². The van der Waals surface area contributed by atoms with E-state index < -0.39 is 10.0 Å². The molecule has 140 valence electrons. The number of rotatable bonds is 7. The molecule has 6 nitrogen and oxygen atoms in total. The fourth-order valence-electron chi connectivity index (χ4n) is 3.17. The Morgan fingerprint density at radius 3 is 2.92 bits per heavy atom. The molecule has 1 aromatic carbocycles. The van der Waals surface area contributed by atoms with Gasteiger partial charge in [0.15, 0.2) is 0 Å². The van der Waals surface area contributed by atoms with Gasteiger partial charge < -0.3 is 10.4 Å². The van der Waals surface area contributed by atoms with Crippen LogP contribution in [0.5, 0.6) is 0 Å². The Labute approximate surface area is 154 Å². The molecule has 3 rings (SSSR count). The largest absolute Gasteiger partial charge is 0.396 e. The van der Waals surface area contributed by atoms with Gasteiger partial charge in [-0.2, -0.15) is 0 Å². The van der Waals surface area contributed by atoms with Gasteiger partial charge in [-0.15, -0.1) is 0 Å². The maximum absolute atomic E-state index is 12.7. The van der Waals surface area contributed by atoms with Gasteiger partial charge in [0.2, 0.25) is 10.0 Å². The highest BCUT2D eigenvalue weighted by molar-refractivity contribution is 7.89. The van der Waals surface area contributed by atoms with Crippen molar-refractivity contribution in [3.63, 3.8) is 0 Å². The lowest BCUT2D eigenvalue weighted by atomic mass is 10.0. The quantitative estimate of drug-likeness (QED) is 0.677. The van der Waals surface area contributed by atoms with Crippen molar-refractivity contribution >= 4 is 10.0 Å². The van der Waals surface area contributed by atoms with Crippen LogP contribution >= 0.6 is 0 Å². The number of nitrogens with zero attached hydrogens (tertiary/aromatic N) is 1. The minimum atomic E-state index is -3.60. The van der Waals surface area contributed by atoms with Gasteiger partial charge in [-0.25, -0.2) is 13.1 Å². The van der Waals surface area contributed by atoms with Crippen LogP contribution in [0, 0.1) is 5.92 Å². The number of aromatic nitrogens is 1. The Morgan fingerprint density at radius 2 is 2.15 bits per heavy atom. The molecule has 1 atom stereocenters. The number of hydrogen-bond acceptors (Lipinski definition) is 5. The highest BCUT2D eigenvalue weighted by Crippen LogP contribution is 2.20. The second-order valence-corrected chi connectivity index (χ2v) is 8.44. The number of pyridine rings is 1. The average Bonchev–Trinajstić information content (AvgIpc) is 2.90. The van der Waals surface area contributed by atoms with Gasteiger partial charge in [0, 0.05) is 32.1 Å². The number of fused-ring (bicyclic) bond motifs is 1. The Hall–Kier alpha value is -1.80. The molecule has 0 aliphatic carbocycles. The summed E-state index contributed by atoms with van der Waals surface area (Å²) >= 11 is 0. The molecular formula is C19H25N3O3S. The minimum absolute atomic E-state index is 0.0900. The Kier molecular flexibility index (Phi) is 6.37. The summed E-state index contributed by atoms with van der Waals surface area (Å²) in [5.74, 6) is -0.195. The predicted octanol–water partition coefficient (Wildman–Crippen LogP) is 1.25. The van der Waals surface area contributed by atoms with E-state index in [-0.39, 0.29) is 24.0 Å². The fourth-order valence-corrected chi connectivity index (χ4v) is 4.33. The van der Waals surface area contributed by atoms with Gasteiger partial charge in [-0.05, 0) is 66.6 Å². The third-order valence-corrected chi connectivity index (χ3v) is 6.09. The number of hydrogen-bond donors (Lipinski definition) is 3. The Morgan fingerprint density at radius 1 is 1.27 bits per heavy atom. The maximum atomic E-state index is 12.7. The van der Waals surface area contributed by atoms with E-state index >= 15 is 0 Å². The van der Waals surface area contributed by atoms with E-state index in [1.54, 1.807) is 24.5 Å². The summed E-state index contributed by atoms with van der Waals surface area (Å²) in [6.45, 7) is 1.82. The van der Waals surface area contributed by atoms with Crippen LogP contribution < -0.4 is 10.0 Å². The monoisotopic (exact) mass is 375 g/mol. The smallest absolute Gasteiger partial charge is 0.240 e. The molecule has 0 saturated heterocycles. The molecule has 0 saturated carbocycles. The van der Waals surface area contributed by atoms with Crippen LogP contribution in [-0.2, 0) is 29.4 Å². The van der Waals surface area contributed by atoms with Crippen LogP contribution in [0.1, 0.15) is 23.1 Å². The zero-order chi connectivity index (χ0) is 18.4. The summed E-state index contributed by atoms with van der Waals surface area (Å²) in [5.41, 5.74) is 3.22. The molecule has 0 bridgehead atoms. The summed E-state index contributed by atoms with van der Waals surface area (Å²) in [4.78, 5) is 4.34. The summed E-state index contributed by atoms with van der Waals surface area (Å²) in [5, 5.41) is 12.9. The Balaban J connectivity index is 1.67. The highest BCUT2D eigenvalue weighted by atomic mass is 32.2. The van der Waals surface area contributed by atoms with Crippen molar-refractivity contribution in [1.82, 2.24) is 15.0 Å². The van der Waals surface area contributed by atoms with Gasteiger partial charge in [0.1, 0.15) is 0 Å². The first-order chi connectivity index (χ1) is 12.6. The molecular weight excluding hydrogens is 350 g/mol. The number of benzene rings is 1. The summed E-state index contributed by atoms with van der Waals surface area (Å²) < 4.78 is 28.0. The van der Waals surface area contributed by atoms with Crippen molar-refractivity contribution in [2.45, 2.75) is 30.7 Å². The van der Waals surface area contributed by atoms with Crippen LogP contribution in [0.4, 0.5) is 0 Å². The van der Waals surface area contributed by atoms with Crippen molar-refractivity contribution in [2.24, 2.45) is 5.92 Å². The Bertz CT molecular complexity index is 825. The highest BCUT2D eigenvalue weighted by Gasteiger charge is 2.19. The van der Waals surface area contributed by atoms with Crippen molar-refractivity contribution in [2.75, 3.05) is 19.7 Å². The third-order valence-electron chi connectivity index (χ3n) is 4.67. The molecule has 3 N–H and O–H groups in total. The number of aliphatic hydroxyl groups is 1. The maximum Gasteiger partial charge on any atom is 0.240 e. The van der Waals surface area contributed by atoms with Crippen LogP contribution in [0.15, 0.2) is 47.6 Å². The molecule has 0 spiro atoms. The summed E-state index contributed by atoms with van der Waals surface area (Å²) in [7, 11) is -3.60. The third kappa shape index (κ3) is 4.88. The van der Waals surface area contributed by atoms with E-state index in [2.05, 4.69) is 15.0 Å². The second kappa shape index (κ2) is 8.73. The lowest BCUT2D eigenvalue weighted by molar-refractivity contribution is 0.227. The van der Waals surface area contributed by atoms with Crippen LogP contribution in [-0.4, -0.2) is 38.2 Å². The van der Waals surface area contributed by atoms with E-state index in [4.69, 9.17) is 0 Å². The molecule has 1 unspecified atom stereocenters. The fraction of sp³-hybridized carbons (Fsp3) is 0.421. The first-order valence-corrected chi connectivity index (χ1v) is 10.4. The minimum Gasteiger partial charge on any atom is -0.396 e. The lowest BCUT2D eigenvalue weighted by Gasteiger charge is -2.16. The predicted molar refractivity (Wildman–Crippen MR) is 100 cm³/mol. The van der Waals surface area contributed by atoms with Gasteiger partial charge in [0.25, 0.3) is 0 Å². The van der Waals surface area contributed by atoms with Gasteiger partial charge in [-0.3, -0.25) is 4.98 Å². The normalized spacial score (nSPS) is 15.9. The summed E-state index contributed by atoms with van der Waals surface area (Å²) in [6, 6.07) is 9.08. The first kappa shape index (κ1) is 19.0. The number of aryl methyl sites for hydroxylation is 1. The second-order valence-electron chi connectivity index (χ2n) is 6.68. The molecule has 1 aromatic heterocycles. The van der Waals surface area contributed by atoms with Gasteiger partial charge in [0.05, 0.1) is 4.90 Å². The average molecular weight is 375 g/mol. The zero-order valence-corrected chi connectivity index (χ0v) is 15.5. The molecule has 2 aromatic rings. The van der Waals surface area contributed by atoms with E-state index in [0.29, 0.717) is 6.42 Å². The molecule has 1 aliphatic heterocycles. The number of sulfonamides is 1. The van der Waals surface area contributed by atoms with Gasteiger partial charge >= 0.3 is 0 Å². The number of aliphatic hydroxyl groups excluding tert-OH is 1. The van der Waals surface area contributed by atoms with Crippen molar-refractivity contribution < 1.29 is 13.5 Å². The first-order valence-electron chi connectivity index (χ1n) is 8.90. The van der Waals surface area contributed by atoms with Crippen molar-refractivity contribution in [1.29, 1.82) is 0 Å². The van der Waals surface area contributed by atoms with E-state index in [1.165, 1.54) is 0 Å². The van der Waals surface area contributed by atoms with Crippen molar-refractivity contribution in [3.05, 3.63) is 59.4 Å². The van der Waals surface area contributed by atoms with Crippen LogP contribution in [0.2, 0.25) is 0 Å². The lowest BCUT2D eigenvalue weighted by Crippen LogP contribution is -2.32.